The minimum absolute atomic E-state index is 0.0668. The van der Waals surface area contributed by atoms with Crippen LogP contribution in [0, 0.1) is 0 Å². The molecular weight excluding hydrogens is 422 g/mol. The van der Waals surface area contributed by atoms with Gasteiger partial charge in [0.05, 0.1) is 12.9 Å². The molecule has 2 aromatic carbocycles. The number of hydrogen-bond acceptors (Lipinski definition) is 8. The van der Waals surface area contributed by atoms with Crippen LogP contribution in [0.1, 0.15) is 0 Å². The van der Waals surface area contributed by atoms with Crippen LogP contribution in [0.15, 0.2) is 63.7 Å². The lowest BCUT2D eigenvalue weighted by Crippen LogP contribution is -2.27. The summed E-state index contributed by atoms with van der Waals surface area (Å²) in [7, 11) is 3.31. The lowest BCUT2D eigenvalue weighted by Gasteiger charge is -2.16. The van der Waals surface area contributed by atoms with Gasteiger partial charge in [0, 0.05) is 18.3 Å². The lowest BCUT2D eigenvalue weighted by molar-refractivity contribution is -0.115. The minimum atomic E-state index is -0.360. The molecule has 0 unspecified atom stereocenters. The van der Waals surface area contributed by atoms with Crippen LogP contribution in [0.2, 0.25) is 0 Å². The van der Waals surface area contributed by atoms with E-state index in [1.165, 1.54) is 27.6 Å². The summed E-state index contributed by atoms with van der Waals surface area (Å²) in [6.07, 6.45) is 0. The molecule has 0 saturated heterocycles. The second-order valence-electron chi connectivity index (χ2n) is 6.22. The van der Waals surface area contributed by atoms with Crippen molar-refractivity contribution in [1.82, 2.24) is 19.8 Å². The topological polar surface area (TPSA) is 89.7 Å². The second kappa shape index (κ2) is 8.64. The molecule has 4 rings (SSSR count). The van der Waals surface area contributed by atoms with Gasteiger partial charge in [-0.3, -0.25) is 9.59 Å². The number of rotatable bonds is 6. The Morgan fingerprint density at radius 3 is 2.57 bits per heavy atom. The molecule has 0 aliphatic carbocycles. The van der Waals surface area contributed by atoms with E-state index in [1.54, 1.807) is 43.3 Å². The first-order valence-electron chi connectivity index (χ1n) is 8.92. The van der Waals surface area contributed by atoms with E-state index in [0.717, 1.165) is 5.69 Å². The Balaban J connectivity index is 1.53. The van der Waals surface area contributed by atoms with Crippen molar-refractivity contribution < 1.29 is 9.53 Å². The highest BCUT2D eigenvalue weighted by atomic mass is 32.2. The number of thioether (sulfide) groups is 1. The molecule has 0 N–H and O–H groups in total. The molecule has 0 bridgehead atoms. The number of ether oxygens (including phenoxy) is 1. The molecule has 0 radical (unpaired) electrons. The lowest BCUT2D eigenvalue weighted by atomic mass is 10.1. The van der Waals surface area contributed by atoms with E-state index < -0.39 is 0 Å². The highest BCUT2D eigenvalue weighted by Crippen LogP contribution is 2.25. The molecule has 152 valence electrons. The average Bonchev–Trinajstić information content (AvgIpc) is 3.22. The maximum absolute atomic E-state index is 12.8. The van der Waals surface area contributed by atoms with Gasteiger partial charge in [0.1, 0.15) is 5.75 Å². The van der Waals surface area contributed by atoms with Crippen molar-refractivity contribution in [3.8, 4) is 17.0 Å². The molecule has 30 heavy (non-hydrogen) atoms. The molecule has 8 nitrogen and oxygen atoms in total. The zero-order valence-corrected chi connectivity index (χ0v) is 17.8. The largest absolute Gasteiger partial charge is 0.497 e. The molecule has 2 aromatic heterocycles. The van der Waals surface area contributed by atoms with Crippen LogP contribution in [0.5, 0.6) is 5.75 Å². The average molecular weight is 440 g/mol. The minimum Gasteiger partial charge on any atom is -0.497 e. The third-order valence-corrected chi connectivity index (χ3v) is 6.39. The van der Waals surface area contributed by atoms with Crippen molar-refractivity contribution >= 4 is 39.7 Å². The van der Waals surface area contributed by atoms with Gasteiger partial charge in [-0.05, 0) is 36.4 Å². The van der Waals surface area contributed by atoms with Crippen LogP contribution in [0.4, 0.5) is 5.69 Å². The summed E-state index contributed by atoms with van der Waals surface area (Å²) >= 11 is 2.49. The van der Waals surface area contributed by atoms with Gasteiger partial charge >= 0.3 is 5.56 Å². The smallest absolute Gasteiger partial charge is 0.302 e. The second-order valence-corrected chi connectivity index (χ2v) is 8.40. The number of fused-ring (bicyclic) bond motifs is 1. The number of nitrogens with zero attached hydrogens (tertiary/aromatic N) is 5. The standard InChI is InChI=1S/C20H17N5O3S2/c1-24(14-6-4-3-5-7-14)16(26)12-29-20-23-25-18(27)17(21-22-19(25)30-20)13-8-10-15(28-2)11-9-13/h3-11H,12H2,1-2H3. The molecule has 0 saturated carbocycles. The number of hydrogen-bond donors (Lipinski definition) is 0. The first kappa shape index (κ1) is 20.0. The highest BCUT2D eigenvalue weighted by molar-refractivity contribution is 8.01. The van der Waals surface area contributed by atoms with Crippen molar-refractivity contribution in [1.29, 1.82) is 0 Å². The summed E-state index contributed by atoms with van der Waals surface area (Å²) in [5, 5.41) is 12.5. The number of methoxy groups -OCH3 is 1. The van der Waals surface area contributed by atoms with Crippen LogP contribution >= 0.6 is 23.1 Å². The van der Waals surface area contributed by atoms with Gasteiger partial charge in [0.2, 0.25) is 10.9 Å². The summed E-state index contributed by atoms with van der Waals surface area (Å²) in [6.45, 7) is 0. The predicted molar refractivity (Wildman–Crippen MR) is 117 cm³/mol. The van der Waals surface area contributed by atoms with Crippen molar-refractivity contribution in [2.24, 2.45) is 0 Å². The molecule has 4 aromatic rings. The molecule has 0 spiro atoms. The maximum atomic E-state index is 12.8. The monoisotopic (exact) mass is 439 g/mol. The van der Waals surface area contributed by atoms with Gasteiger partial charge in [0.25, 0.3) is 0 Å². The van der Waals surface area contributed by atoms with E-state index in [0.29, 0.717) is 20.6 Å². The van der Waals surface area contributed by atoms with E-state index >= 15 is 0 Å². The number of anilines is 1. The molecule has 0 fully saturated rings. The number of aromatic nitrogens is 4. The number of carbonyl (C=O) groups is 1. The third-order valence-electron chi connectivity index (χ3n) is 4.37. The van der Waals surface area contributed by atoms with E-state index in [1.807, 2.05) is 30.3 Å². The van der Waals surface area contributed by atoms with Gasteiger partial charge in [-0.2, -0.15) is 4.52 Å². The summed E-state index contributed by atoms with van der Waals surface area (Å²) < 4.78 is 6.94. The molecule has 1 amide bonds. The fraction of sp³-hybridized carbons (Fsp3) is 0.150. The Kier molecular flexibility index (Phi) is 5.77. The molecule has 2 heterocycles. The summed E-state index contributed by atoms with van der Waals surface area (Å²) in [6, 6.07) is 16.4. The van der Waals surface area contributed by atoms with E-state index in [4.69, 9.17) is 4.74 Å². The molecule has 0 aliphatic heterocycles. The third kappa shape index (κ3) is 4.05. The Morgan fingerprint density at radius 1 is 1.13 bits per heavy atom. The number of carbonyl (C=O) groups excluding carboxylic acids is 1. The Labute approximate surface area is 180 Å². The van der Waals surface area contributed by atoms with Gasteiger partial charge < -0.3 is 9.64 Å². The predicted octanol–water partition coefficient (Wildman–Crippen LogP) is 2.98. The summed E-state index contributed by atoms with van der Waals surface area (Å²) in [5.41, 5.74) is 1.29. The Hall–Kier alpha value is -3.24. The van der Waals surface area contributed by atoms with Crippen molar-refractivity contribution in [2.75, 3.05) is 24.8 Å². The molecule has 10 heteroatoms. The fourth-order valence-electron chi connectivity index (χ4n) is 2.70. The van der Waals surface area contributed by atoms with Crippen molar-refractivity contribution in [3.63, 3.8) is 0 Å². The molecular formula is C20H17N5O3S2. The molecule has 0 atom stereocenters. The summed E-state index contributed by atoms with van der Waals surface area (Å²) in [5.74, 6) is 0.812. The van der Waals surface area contributed by atoms with Gasteiger partial charge in [-0.15, -0.1) is 15.3 Å². The summed E-state index contributed by atoms with van der Waals surface area (Å²) in [4.78, 5) is 27.3. The van der Waals surface area contributed by atoms with Crippen molar-refractivity contribution in [2.45, 2.75) is 4.34 Å². The van der Waals surface area contributed by atoms with E-state index in [-0.39, 0.29) is 22.9 Å². The zero-order valence-electron chi connectivity index (χ0n) is 16.2. The van der Waals surface area contributed by atoms with Crippen molar-refractivity contribution in [3.05, 3.63) is 65.0 Å². The van der Waals surface area contributed by atoms with Gasteiger partial charge in [-0.25, -0.2) is 0 Å². The number of amides is 1. The molecule has 0 aliphatic rings. The maximum Gasteiger partial charge on any atom is 0.302 e. The Bertz CT molecular complexity index is 1240. The first-order valence-corrected chi connectivity index (χ1v) is 10.7. The van der Waals surface area contributed by atoms with Gasteiger partial charge in [-0.1, -0.05) is 41.3 Å². The van der Waals surface area contributed by atoms with Crippen LogP contribution in [0.25, 0.3) is 16.2 Å². The normalized spacial score (nSPS) is 10.9. The quantitative estimate of drug-likeness (QED) is 0.427. The number of benzene rings is 2. The SMILES string of the molecule is COc1ccc(-c2nnc3sc(SCC(=O)N(C)c4ccccc4)nn3c2=O)cc1. The zero-order chi connectivity index (χ0) is 21.1. The number of para-hydroxylation sites is 1. The van der Waals surface area contributed by atoms with E-state index in [9.17, 15) is 9.59 Å². The van der Waals surface area contributed by atoms with Crippen LogP contribution < -0.4 is 15.2 Å². The highest BCUT2D eigenvalue weighted by Gasteiger charge is 2.16. The fourth-order valence-corrected chi connectivity index (χ4v) is 4.49. The van der Waals surface area contributed by atoms with Crippen LogP contribution in [-0.4, -0.2) is 45.6 Å². The van der Waals surface area contributed by atoms with E-state index in [2.05, 4.69) is 15.3 Å². The Morgan fingerprint density at radius 2 is 1.87 bits per heavy atom. The van der Waals surface area contributed by atoms with Gasteiger partial charge in [0.15, 0.2) is 10.0 Å². The van der Waals surface area contributed by atoms with Crippen LogP contribution in [0.3, 0.4) is 0 Å². The first-order chi connectivity index (χ1) is 14.6. The van der Waals surface area contributed by atoms with Crippen LogP contribution in [-0.2, 0) is 4.79 Å².